The van der Waals surface area contributed by atoms with Crippen molar-refractivity contribution < 1.29 is 13.9 Å². The van der Waals surface area contributed by atoms with Crippen molar-refractivity contribution in [2.45, 2.75) is 6.04 Å². The number of halogens is 1. The molecule has 0 spiro atoms. The largest absolute Gasteiger partial charge is 0.496 e. The minimum Gasteiger partial charge on any atom is -0.496 e. The Morgan fingerprint density at radius 2 is 2.00 bits per heavy atom. The van der Waals surface area contributed by atoms with Gasteiger partial charge in [0.2, 0.25) is 5.88 Å². The fraction of sp³-hybridized carbons (Fsp3) is 0.231. The average molecular weight is 278 g/mol. The summed E-state index contributed by atoms with van der Waals surface area (Å²) >= 11 is 0. The third-order valence-corrected chi connectivity index (χ3v) is 2.84. The lowest BCUT2D eigenvalue weighted by Crippen LogP contribution is -2.30. The van der Waals surface area contributed by atoms with Gasteiger partial charge in [-0.15, -0.1) is 0 Å². The molecule has 1 aromatic heterocycles. The molecule has 3 N–H and O–H groups in total. The van der Waals surface area contributed by atoms with E-state index in [-0.39, 0.29) is 5.82 Å². The summed E-state index contributed by atoms with van der Waals surface area (Å²) in [6.45, 7) is 0. The van der Waals surface area contributed by atoms with Crippen LogP contribution in [0.3, 0.4) is 0 Å². The second-order valence-electron chi connectivity index (χ2n) is 3.97. The Kier molecular flexibility index (Phi) is 4.44. The number of rotatable bonds is 5. The standard InChI is InChI=1S/C13H15FN4O2/c1-19-11-4-3-8(14)5-9(11)13(18-15)10-6-12(20-2)17-7-16-10/h3-7,13,18H,15H2,1-2H3. The fourth-order valence-electron chi connectivity index (χ4n) is 1.89. The highest BCUT2D eigenvalue weighted by Gasteiger charge is 2.20. The molecule has 0 saturated heterocycles. The van der Waals surface area contributed by atoms with Gasteiger partial charge in [-0.3, -0.25) is 5.84 Å². The number of nitrogens with zero attached hydrogens (tertiary/aromatic N) is 2. The van der Waals surface area contributed by atoms with Crippen LogP contribution in [-0.2, 0) is 0 Å². The minimum absolute atomic E-state index is 0.387. The second kappa shape index (κ2) is 6.27. The summed E-state index contributed by atoms with van der Waals surface area (Å²) in [7, 11) is 3.00. The van der Waals surface area contributed by atoms with Crippen LogP contribution in [0.25, 0.3) is 0 Å². The summed E-state index contributed by atoms with van der Waals surface area (Å²) in [6, 6.07) is 5.27. The normalized spacial score (nSPS) is 12.0. The van der Waals surface area contributed by atoms with Gasteiger partial charge in [0.15, 0.2) is 0 Å². The van der Waals surface area contributed by atoms with Crippen molar-refractivity contribution in [3.05, 3.63) is 47.7 Å². The quantitative estimate of drug-likeness (QED) is 0.631. The molecule has 7 heteroatoms. The smallest absolute Gasteiger partial charge is 0.216 e. The van der Waals surface area contributed by atoms with E-state index in [0.717, 1.165) is 0 Å². The summed E-state index contributed by atoms with van der Waals surface area (Å²) in [4.78, 5) is 8.05. The van der Waals surface area contributed by atoms with E-state index in [2.05, 4.69) is 15.4 Å². The summed E-state index contributed by atoms with van der Waals surface area (Å²) in [5.41, 5.74) is 3.68. The average Bonchev–Trinajstić information content (AvgIpc) is 2.48. The van der Waals surface area contributed by atoms with Crippen molar-refractivity contribution in [1.82, 2.24) is 15.4 Å². The van der Waals surface area contributed by atoms with Crippen molar-refractivity contribution in [3.8, 4) is 11.6 Å². The maximum absolute atomic E-state index is 13.5. The Labute approximate surface area is 115 Å². The van der Waals surface area contributed by atoms with Crippen molar-refractivity contribution >= 4 is 0 Å². The van der Waals surface area contributed by atoms with Crippen LogP contribution in [0.5, 0.6) is 11.6 Å². The van der Waals surface area contributed by atoms with Gasteiger partial charge in [-0.25, -0.2) is 19.8 Å². The molecule has 0 amide bonds. The maximum Gasteiger partial charge on any atom is 0.216 e. The molecular formula is C13H15FN4O2. The lowest BCUT2D eigenvalue weighted by atomic mass is 10.0. The molecule has 6 nitrogen and oxygen atoms in total. The van der Waals surface area contributed by atoms with Crippen molar-refractivity contribution in [1.29, 1.82) is 0 Å². The van der Waals surface area contributed by atoms with E-state index in [1.165, 1.54) is 38.7 Å². The number of nitrogens with one attached hydrogen (secondary N) is 1. The highest BCUT2D eigenvalue weighted by molar-refractivity contribution is 5.40. The molecule has 2 aromatic rings. The van der Waals surface area contributed by atoms with Gasteiger partial charge in [0.05, 0.1) is 26.0 Å². The van der Waals surface area contributed by atoms with E-state index in [9.17, 15) is 4.39 Å². The van der Waals surface area contributed by atoms with Crippen LogP contribution >= 0.6 is 0 Å². The van der Waals surface area contributed by atoms with E-state index in [4.69, 9.17) is 15.3 Å². The molecule has 1 atom stereocenters. The second-order valence-corrected chi connectivity index (χ2v) is 3.97. The number of hydrogen-bond acceptors (Lipinski definition) is 6. The lowest BCUT2D eigenvalue weighted by molar-refractivity contribution is 0.392. The molecule has 2 rings (SSSR count). The predicted octanol–water partition coefficient (Wildman–Crippen LogP) is 1.19. The molecule has 20 heavy (non-hydrogen) atoms. The number of benzene rings is 1. The number of methoxy groups -OCH3 is 2. The summed E-state index contributed by atoms with van der Waals surface area (Å²) in [6.07, 6.45) is 1.35. The Hall–Kier alpha value is -2.25. The Bertz CT molecular complexity index is 594. The van der Waals surface area contributed by atoms with Crippen LogP contribution in [0.4, 0.5) is 4.39 Å². The number of hydrogen-bond donors (Lipinski definition) is 2. The molecule has 0 saturated carbocycles. The first-order valence-corrected chi connectivity index (χ1v) is 5.85. The van der Waals surface area contributed by atoms with E-state index in [1.807, 2.05) is 0 Å². The van der Waals surface area contributed by atoms with Crippen LogP contribution in [0.15, 0.2) is 30.6 Å². The number of ether oxygens (including phenoxy) is 2. The molecule has 1 heterocycles. The Morgan fingerprint density at radius 1 is 1.20 bits per heavy atom. The van der Waals surface area contributed by atoms with Gasteiger partial charge in [0.1, 0.15) is 17.9 Å². The van der Waals surface area contributed by atoms with Gasteiger partial charge in [0.25, 0.3) is 0 Å². The first kappa shape index (κ1) is 14.2. The third-order valence-electron chi connectivity index (χ3n) is 2.84. The molecule has 1 aromatic carbocycles. The zero-order valence-electron chi connectivity index (χ0n) is 11.1. The van der Waals surface area contributed by atoms with E-state index in [1.54, 1.807) is 6.07 Å². The molecule has 0 aliphatic rings. The van der Waals surface area contributed by atoms with Crippen molar-refractivity contribution in [3.63, 3.8) is 0 Å². The number of hydrazine groups is 1. The summed E-state index contributed by atoms with van der Waals surface area (Å²) < 4.78 is 23.7. The van der Waals surface area contributed by atoms with E-state index in [0.29, 0.717) is 22.9 Å². The van der Waals surface area contributed by atoms with Gasteiger partial charge in [-0.2, -0.15) is 0 Å². The van der Waals surface area contributed by atoms with Gasteiger partial charge in [-0.1, -0.05) is 0 Å². The van der Waals surface area contributed by atoms with Crippen LogP contribution < -0.4 is 20.7 Å². The highest BCUT2D eigenvalue weighted by Crippen LogP contribution is 2.30. The zero-order valence-corrected chi connectivity index (χ0v) is 11.1. The molecule has 106 valence electrons. The predicted molar refractivity (Wildman–Crippen MR) is 70.7 cm³/mol. The molecular weight excluding hydrogens is 263 g/mol. The Morgan fingerprint density at radius 3 is 2.65 bits per heavy atom. The third kappa shape index (κ3) is 2.84. The van der Waals surface area contributed by atoms with Crippen LogP contribution in [-0.4, -0.2) is 24.2 Å². The van der Waals surface area contributed by atoms with E-state index < -0.39 is 6.04 Å². The monoisotopic (exact) mass is 278 g/mol. The van der Waals surface area contributed by atoms with Crippen LogP contribution in [0.2, 0.25) is 0 Å². The van der Waals surface area contributed by atoms with Gasteiger partial charge >= 0.3 is 0 Å². The van der Waals surface area contributed by atoms with E-state index >= 15 is 0 Å². The van der Waals surface area contributed by atoms with Crippen molar-refractivity contribution in [2.75, 3.05) is 14.2 Å². The molecule has 0 radical (unpaired) electrons. The van der Waals surface area contributed by atoms with Gasteiger partial charge < -0.3 is 9.47 Å². The Balaban J connectivity index is 2.48. The highest BCUT2D eigenvalue weighted by atomic mass is 19.1. The molecule has 0 aliphatic carbocycles. The topological polar surface area (TPSA) is 82.3 Å². The first-order chi connectivity index (χ1) is 9.69. The minimum atomic E-state index is -0.544. The molecule has 0 bridgehead atoms. The fourth-order valence-corrected chi connectivity index (χ4v) is 1.89. The molecule has 0 fully saturated rings. The first-order valence-electron chi connectivity index (χ1n) is 5.85. The molecule has 1 unspecified atom stereocenters. The maximum atomic E-state index is 13.5. The van der Waals surface area contributed by atoms with Crippen molar-refractivity contribution in [2.24, 2.45) is 5.84 Å². The lowest BCUT2D eigenvalue weighted by Gasteiger charge is -2.18. The van der Waals surface area contributed by atoms with Crippen LogP contribution in [0.1, 0.15) is 17.3 Å². The number of nitrogens with two attached hydrogens (primary N) is 1. The van der Waals surface area contributed by atoms with Gasteiger partial charge in [-0.05, 0) is 18.2 Å². The SMILES string of the molecule is COc1cc(C(NN)c2cc(F)ccc2OC)ncn1. The summed E-state index contributed by atoms with van der Waals surface area (Å²) in [5.74, 6) is 6.09. The van der Waals surface area contributed by atoms with Gasteiger partial charge in [0, 0.05) is 11.6 Å². The number of aromatic nitrogens is 2. The summed E-state index contributed by atoms with van der Waals surface area (Å²) in [5, 5.41) is 0. The van der Waals surface area contributed by atoms with Crippen LogP contribution in [0, 0.1) is 5.82 Å². The molecule has 0 aliphatic heterocycles. The zero-order chi connectivity index (χ0) is 14.5.